The number of fused-ring (bicyclic) bond motifs is 1. The Morgan fingerprint density at radius 1 is 1.00 bits per heavy atom. The number of carbonyl (C=O) groups excluding carboxylic acids is 2. The van der Waals surface area contributed by atoms with Crippen LogP contribution in [0.4, 0.5) is 5.69 Å². The van der Waals surface area contributed by atoms with Crippen molar-refractivity contribution in [3.8, 4) is 5.69 Å². The number of ether oxygens (including phenoxy) is 1. The molecule has 1 heterocycles. The van der Waals surface area contributed by atoms with Gasteiger partial charge in [0, 0.05) is 0 Å². The fourth-order valence-corrected chi connectivity index (χ4v) is 4.57. The molecule has 1 atom stereocenters. The Bertz CT molecular complexity index is 1400. The van der Waals surface area contributed by atoms with Gasteiger partial charge >= 0.3 is 5.97 Å². The minimum atomic E-state index is -0.561. The molecule has 0 bridgehead atoms. The van der Waals surface area contributed by atoms with Gasteiger partial charge in [0.2, 0.25) is 5.91 Å². The molecule has 1 amide bonds. The number of hydrogen-bond acceptors (Lipinski definition) is 6. The van der Waals surface area contributed by atoms with E-state index in [0.29, 0.717) is 33.9 Å². The van der Waals surface area contributed by atoms with Crippen molar-refractivity contribution in [3.63, 3.8) is 0 Å². The predicted molar refractivity (Wildman–Crippen MR) is 134 cm³/mol. The summed E-state index contributed by atoms with van der Waals surface area (Å²) in [5, 5.41) is 3.19. The maximum atomic E-state index is 13.4. The molecule has 1 unspecified atom stereocenters. The molecule has 0 aliphatic rings. The second kappa shape index (κ2) is 10.4. The van der Waals surface area contributed by atoms with Crippen LogP contribution < -0.4 is 10.9 Å². The third-order valence-electron chi connectivity index (χ3n) is 5.26. The summed E-state index contributed by atoms with van der Waals surface area (Å²) in [5.74, 6) is -0.836. The first-order chi connectivity index (χ1) is 16.5. The Morgan fingerprint density at radius 2 is 1.68 bits per heavy atom. The van der Waals surface area contributed by atoms with Crippen molar-refractivity contribution in [2.24, 2.45) is 0 Å². The van der Waals surface area contributed by atoms with Gasteiger partial charge in [0.05, 0.1) is 40.2 Å². The second-order valence-corrected chi connectivity index (χ2v) is 8.60. The van der Waals surface area contributed by atoms with Crippen LogP contribution in [0.1, 0.15) is 23.7 Å². The number of methoxy groups -OCH3 is 1. The first-order valence-electron chi connectivity index (χ1n) is 10.8. The van der Waals surface area contributed by atoms with Crippen LogP contribution in [0.15, 0.2) is 88.8 Å². The summed E-state index contributed by atoms with van der Waals surface area (Å²) in [5.41, 5.74) is 1.66. The number of esters is 1. The van der Waals surface area contributed by atoms with E-state index < -0.39 is 11.2 Å². The summed E-state index contributed by atoms with van der Waals surface area (Å²) in [6.07, 6.45) is 0.481. The van der Waals surface area contributed by atoms with Gasteiger partial charge in [-0.3, -0.25) is 14.2 Å². The highest BCUT2D eigenvalue weighted by Gasteiger charge is 2.24. The molecular weight excluding hydrogens is 450 g/mol. The van der Waals surface area contributed by atoms with Crippen LogP contribution in [0, 0.1) is 0 Å². The smallest absolute Gasteiger partial charge is 0.339 e. The molecule has 0 aliphatic carbocycles. The van der Waals surface area contributed by atoms with Crippen LogP contribution in [0.5, 0.6) is 0 Å². The average Bonchev–Trinajstić information content (AvgIpc) is 2.87. The Kier molecular flexibility index (Phi) is 7.08. The zero-order valence-corrected chi connectivity index (χ0v) is 19.5. The monoisotopic (exact) mass is 473 g/mol. The van der Waals surface area contributed by atoms with E-state index in [1.807, 2.05) is 43.3 Å². The van der Waals surface area contributed by atoms with Crippen LogP contribution in [0.2, 0.25) is 0 Å². The average molecular weight is 474 g/mol. The van der Waals surface area contributed by atoms with E-state index in [9.17, 15) is 14.4 Å². The van der Waals surface area contributed by atoms with Gasteiger partial charge in [0.1, 0.15) is 0 Å². The van der Waals surface area contributed by atoms with Gasteiger partial charge in [-0.1, -0.05) is 61.2 Å². The quantitative estimate of drug-likeness (QED) is 0.238. The second-order valence-electron chi connectivity index (χ2n) is 7.43. The van der Waals surface area contributed by atoms with Gasteiger partial charge in [-0.25, -0.2) is 9.78 Å². The van der Waals surface area contributed by atoms with Crippen molar-refractivity contribution in [2.75, 3.05) is 12.4 Å². The highest BCUT2D eigenvalue weighted by molar-refractivity contribution is 8.00. The SMILES string of the molecule is CCC(Sc1nc2ccccc2c(=O)n1-c1ccccc1)C(=O)Nc1ccccc1C(=O)OC. The van der Waals surface area contributed by atoms with Gasteiger partial charge in [0.25, 0.3) is 5.56 Å². The van der Waals surface area contributed by atoms with Gasteiger partial charge in [-0.2, -0.15) is 0 Å². The number of nitrogens with one attached hydrogen (secondary N) is 1. The Hall–Kier alpha value is -3.91. The van der Waals surface area contributed by atoms with Crippen LogP contribution in [-0.2, 0) is 9.53 Å². The summed E-state index contributed by atoms with van der Waals surface area (Å²) < 4.78 is 6.35. The lowest BCUT2D eigenvalue weighted by Crippen LogP contribution is -2.28. The molecule has 0 spiro atoms. The van der Waals surface area contributed by atoms with Crippen molar-refractivity contribution in [3.05, 3.63) is 94.8 Å². The van der Waals surface area contributed by atoms with E-state index in [-0.39, 0.29) is 17.0 Å². The molecule has 0 aliphatic heterocycles. The minimum Gasteiger partial charge on any atom is -0.465 e. The van der Waals surface area contributed by atoms with Gasteiger partial charge in [0.15, 0.2) is 5.16 Å². The number of nitrogens with zero attached hydrogens (tertiary/aromatic N) is 2. The molecule has 34 heavy (non-hydrogen) atoms. The van der Waals surface area contributed by atoms with Crippen LogP contribution in [0.3, 0.4) is 0 Å². The molecule has 0 saturated carbocycles. The third-order valence-corrected chi connectivity index (χ3v) is 6.58. The lowest BCUT2D eigenvalue weighted by molar-refractivity contribution is -0.115. The summed E-state index contributed by atoms with van der Waals surface area (Å²) >= 11 is 1.21. The largest absolute Gasteiger partial charge is 0.465 e. The fraction of sp³-hybridized carbons (Fsp3) is 0.154. The molecule has 8 heteroatoms. The molecule has 172 valence electrons. The molecule has 4 aromatic rings. The summed E-state index contributed by atoms with van der Waals surface area (Å²) in [6, 6.07) is 23.0. The van der Waals surface area contributed by atoms with E-state index in [1.165, 1.54) is 23.4 Å². The summed E-state index contributed by atoms with van der Waals surface area (Å²) in [7, 11) is 1.29. The fourth-order valence-electron chi connectivity index (χ4n) is 3.54. The van der Waals surface area contributed by atoms with Crippen molar-refractivity contribution in [1.29, 1.82) is 0 Å². The van der Waals surface area contributed by atoms with E-state index in [1.54, 1.807) is 42.5 Å². The number of carbonyl (C=O) groups is 2. The molecule has 1 aromatic heterocycles. The zero-order chi connectivity index (χ0) is 24.1. The number of benzene rings is 3. The number of para-hydroxylation sites is 3. The van der Waals surface area contributed by atoms with Crippen LogP contribution >= 0.6 is 11.8 Å². The maximum Gasteiger partial charge on any atom is 0.339 e. The van der Waals surface area contributed by atoms with Crippen molar-refractivity contribution in [1.82, 2.24) is 9.55 Å². The zero-order valence-electron chi connectivity index (χ0n) is 18.7. The number of rotatable bonds is 7. The first-order valence-corrected chi connectivity index (χ1v) is 11.6. The van der Waals surface area contributed by atoms with Crippen molar-refractivity contribution in [2.45, 2.75) is 23.8 Å². The van der Waals surface area contributed by atoms with Crippen LogP contribution in [-0.4, -0.2) is 33.8 Å². The number of hydrogen-bond donors (Lipinski definition) is 1. The Balaban J connectivity index is 1.72. The standard InChI is InChI=1S/C26H23N3O4S/c1-3-22(23(30)27-21-16-10-8-14-19(21)25(32)33-2)34-26-28-20-15-9-7-13-18(20)24(31)29(26)17-11-5-4-6-12-17/h4-16,22H,3H2,1-2H3,(H,27,30). The summed E-state index contributed by atoms with van der Waals surface area (Å²) in [6.45, 7) is 1.88. The van der Waals surface area contributed by atoms with Crippen molar-refractivity contribution < 1.29 is 14.3 Å². The Morgan fingerprint density at radius 3 is 2.41 bits per heavy atom. The maximum absolute atomic E-state index is 13.4. The lowest BCUT2D eigenvalue weighted by atomic mass is 10.1. The highest BCUT2D eigenvalue weighted by Crippen LogP contribution is 2.28. The highest BCUT2D eigenvalue weighted by atomic mass is 32.2. The number of thioether (sulfide) groups is 1. The molecule has 4 rings (SSSR count). The van der Waals surface area contributed by atoms with E-state index in [4.69, 9.17) is 9.72 Å². The molecule has 1 N–H and O–H groups in total. The van der Waals surface area contributed by atoms with E-state index in [2.05, 4.69) is 5.32 Å². The molecule has 0 saturated heterocycles. The lowest BCUT2D eigenvalue weighted by Gasteiger charge is -2.18. The van der Waals surface area contributed by atoms with Gasteiger partial charge in [-0.15, -0.1) is 0 Å². The molecule has 7 nitrogen and oxygen atoms in total. The van der Waals surface area contributed by atoms with Crippen LogP contribution in [0.25, 0.3) is 16.6 Å². The molecule has 0 fully saturated rings. The first kappa shape index (κ1) is 23.3. The normalized spacial score (nSPS) is 11.7. The minimum absolute atomic E-state index is 0.203. The number of anilines is 1. The third kappa shape index (κ3) is 4.72. The predicted octanol–water partition coefficient (Wildman–Crippen LogP) is 4.68. The number of aromatic nitrogens is 2. The van der Waals surface area contributed by atoms with E-state index >= 15 is 0 Å². The van der Waals surface area contributed by atoms with Gasteiger partial charge in [-0.05, 0) is 42.8 Å². The number of amides is 1. The summed E-state index contributed by atoms with van der Waals surface area (Å²) in [4.78, 5) is 43.4. The molecule has 0 radical (unpaired) electrons. The van der Waals surface area contributed by atoms with Gasteiger partial charge < -0.3 is 10.1 Å². The van der Waals surface area contributed by atoms with E-state index in [0.717, 1.165) is 0 Å². The topological polar surface area (TPSA) is 90.3 Å². The van der Waals surface area contributed by atoms with Crippen molar-refractivity contribution >= 4 is 40.2 Å². The molecule has 3 aromatic carbocycles. The molecular formula is C26H23N3O4S. The Labute approximate surface area is 200 Å².